The smallest absolute Gasteiger partial charge is 0.254 e. The van der Waals surface area contributed by atoms with E-state index in [1.54, 1.807) is 13.2 Å². The Morgan fingerprint density at radius 3 is 2.69 bits per heavy atom. The second kappa shape index (κ2) is 9.42. The highest BCUT2D eigenvalue weighted by molar-refractivity contribution is 6.01. The lowest BCUT2D eigenvalue weighted by Crippen LogP contribution is -2.24. The second-order valence-electron chi connectivity index (χ2n) is 8.26. The van der Waals surface area contributed by atoms with Crippen molar-refractivity contribution in [3.8, 4) is 5.75 Å². The van der Waals surface area contributed by atoms with Gasteiger partial charge in [-0.05, 0) is 50.2 Å². The molecule has 168 valence electrons. The van der Waals surface area contributed by atoms with E-state index >= 15 is 0 Å². The van der Waals surface area contributed by atoms with E-state index in [4.69, 9.17) is 4.74 Å². The molecule has 0 bridgehead atoms. The van der Waals surface area contributed by atoms with Crippen LogP contribution in [0.4, 0.5) is 17.2 Å². The van der Waals surface area contributed by atoms with Gasteiger partial charge in [-0.1, -0.05) is 25.1 Å². The average molecular weight is 435 g/mol. The summed E-state index contributed by atoms with van der Waals surface area (Å²) in [5.41, 5.74) is 4.08. The van der Waals surface area contributed by atoms with Gasteiger partial charge in [0.2, 0.25) is 5.91 Å². The molecule has 1 saturated carbocycles. The third kappa shape index (κ3) is 4.47. The number of aromatic nitrogens is 1. The predicted octanol–water partition coefficient (Wildman–Crippen LogP) is 4.84. The summed E-state index contributed by atoms with van der Waals surface area (Å²) in [6.07, 6.45) is 9.63. The van der Waals surface area contributed by atoms with E-state index < -0.39 is 0 Å². The van der Waals surface area contributed by atoms with E-state index in [9.17, 15) is 9.59 Å². The highest BCUT2D eigenvalue weighted by Crippen LogP contribution is 2.43. The molecule has 1 heterocycles. The van der Waals surface area contributed by atoms with E-state index in [0.717, 1.165) is 42.7 Å². The first kappa shape index (κ1) is 21.9. The molecule has 0 aliphatic heterocycles. The maximum Gasteiger partial charge on any atom is 0.254 e. The number of ether oxygens (including phenoxy) is 1. The molecule has 0 spiro atoms. The fourth-order valence-electron chi connectivity index (χ4n) is 4.13. The molecule has 7 heteroatoms. The summed E-state index contributed by atoms with van der Waals surface area (Å²) < 4.78 is 5.85. The van der Waals surface area contributed by atoms with Crippen LogP contribution in [-0.4, -0.2) is 30.5 Å². The van der Waals surface area contributed by atoms with E-state index in [2.05, 4.69) is 46.1 Å². The third-order valence-electron chi connectivity index (χ3n) is 6.01. The Labute approximate surface area is 188 Å². The van der Waals surface area contributed by atoms with Gasteiger partial charge < -0.3 is 20.7 Å². The van der Waals surface area contributed by atoms with Crippen LogP contribution in [0, 0.1) is 5.92 Å². The van der Waals surface area contributed by atoms with E-state index in [1.807, 2.05) is 13.0 Å². The fraction of sp³-hybridized carbons (Fsp3) is 0.400. The van der Waals surface area contributed by atoms with Gasteiger partial charge in [-0.2, -0.15) is 0 Å². The molecule has 1 aromatic carbocycles. The van der Waals surface area contributed by atoms with Crippen LogP contribution in [0.25, 0.3) is 6.08 Å². The second-order valence-corrected chi connectivity index (χ2v) is 8.26. The van der Waals surface area contributed by atoms with Crippen LogP contribution in [0.1, 0.15) is 66.9 Å². The van der Waals surface area contributed by atoms with Gasteiger partial charge in [-0.25, -0.2) is 4.98 Å². The van der Waals surface area contributed by atoms with Crippen LogP contribution >= 0.6 is 0 Å². The number of pyridine rings is 1. The van der Waals surface area contributed by atoms with Crippen molar-refractivity contribution >= 4 is 35.1 Å². The molecule has 32 heavy (non-hydrogen) atoms. The topological polar surface area (TPSA) is 92.4 Å². The van der Waals surface area contributed by atoms with Crippen LogP contribution in [-0.2, 0) is 4.79 Å². The molecule has 7 nitrogen and oxygen atoms in total. The quantitative estimate of drug-likeness (QED) is 0.553. The molecule has 2 aromatic rings. The molecular formula is C25H30N4O3. The average Bonchev–Trinajstić information content (AvgIpc) is 3.64. The SMILES string of the molecule is CCNC(=O)c1cnc(NC(=O)C2CC2)cc1Nc1ccc2c(c1OC)C(CC)CC=C2. The number of nitrogens with one attached hydrogen (secondary N) is 3. The zero-order valence-corrected chi connectivity index (χ0v) is 18.8. The summed E-state index contributed by atoms with van der Waals surface area (Å²) in [6.45, 7) is 4.55. The van der Waals surface area contributed by atoms with Gasteiger partial charge in [-0.3, -0.25) is 9.59 Å². The number of rotatable bonds is 8. The standard InChI is InChI=1S/C25H30N4O3/c1-4-15-7-6-8-16-11-12-19(23(32-3)22(15)16)28-20-13-21(29-24(30)17-9-10-17)27-14-18(20)25(31)26-5-2/h6,8,11-15,17H,4-5,7,9-10H2,1-3H3,(H,26,31)(H2,27,28,29,30). The van der Waals surface area contributed by atoms with E-state index in [-0.39, 0.29) is 17.7 Å². The minimum Gasteiger partial charge on any atom is -0.494 e. The van der Waals surface area contributed by atoms with Crippen molar-refractivity contribution in [2.75, 3.05) is 24.3 Å². The Balaban J connectivity index is 1.72. The zero-order valence-electron chi connectivity index (χ0n) is 18.8. The lowest BCUT2D eigenvalue weighted by molar-refractivity contribution is -0.117. The van der Waals surface area contributed by atoms with Gasteiger partial charge in [0.15, 0.2) is 0 Å². The first-order valence-electron chi connectivity index (χ1n) is 11.3. The molecule has 3 N–H and O–H groups in total. The molecule has 1 fully saturated rings. The van der Waals surface area contributed by atoms with Gasteiger partial charge >= 0.3 is 0 Å². The number of hydrogen-bond donors (Lipinski definition) is 3. The van der Waals surface area contributed by atoms with Crippen LogP contribution in [0.2, 0.25) is 0 Å². The van der Waals surface area contributed by atoms with Crippen molar-refractivity contribution in [2.45, 2.75) is 45.4 Å². The number of methoxy groups -OCH3 is 1. The molecule has 2 amide bonds. The summed E-state index contributed by atoms with van der Waals surface area (Å²) in [7, 11) is 1.67. The van der Waals surface area contributed by atoms with Crippen LogP contribution in [0.5, 0.6) is 5.75 Å². The Morgan fingerprint density at radius 2 is 2.00 bits per heavy atom. The molecule has 1 atom stereocenters. The van der Waals surface area contributed by atoms with Gasteiger partial charge in [-0.15, -0.1) is 0 Å². The van der Waals surface area contributed by atoms with Crippen LogP contribution in [0.15, 0.2) is 30.5 Å². The summed E-state index contributed by atoms with van der Waals surface area (Å²) in [5, 5.41) is 9.07. The number of carbonyl (C=O) groups is 2. The largest absolute Gasteiger partial charge is 0.494 e. The predicted molar refractivity (Wildman–Crippen MR) is 127 cm³/mol. The summed E-state index contributed by atoms with van der Waals surface area (Å²) in [5.74, 6) is 1.38. The highest BCUT2D eigenvalue weighted by Gasteiger charge is 2.30. The minimum absolute atomic E-state index is 0.0295. The summed E-state index contributed by atoms with van der Waals surface area (Å²) in [6, 6.07) is 5.74. The lowest BCUT2D eigenvalue weighted by Gasteiger charge is -2.25. The van der Waals surface area contributed by atoms with Gasteiger partial charge in [0.05, 0.1) is 24.0 Å². The summed E-state index contributed by atoms with van der Waals surface area (Å²) >= 11 is 0. The lowest BCUT2D eigenvalue weighted by atomic mass is 9.84. The number of fused-ring (bicyclic) bond motifs is 1. The number of nitrogens with zero attached hydrogens (tertiary/aromatic N) is 1. The van der Waals surface area contributed by atoms with Crippen molar-refractivity contribution in [3.63, 3.8) is 0 Å². The molecule has 0 saturated heterocycles. The maximum atomic E-state index is 12.7. The number of hydrogen-bond acceptors (Lipinski definition) is 5. The molecule has 0 radical (unpaired) electrons. The van der Waals surface area contributed by atoms with Crippen molar-refractivity contribution in [2.24, 2.45) is 5.92 Å². The Morgan fingerprint density at radius 1 is 1.19 bits per heavy atom. The van der Waals surface area contributed by atoms with E-state index in [0.29, 0.717) is 29.5 Å². The first-order valence-corrected chi connectivity index (χ1v) is 11.3. The monoisotopic (exact) mass is 434 g/mol. The Hall–Kier alpha value is -3.35. The zero-order chi connectivity index (χ0) is 22.7. The van der Waals surface area contributed by atoms with Gasteiger partial charge in [0.25, 0.3) is 5.91 Å². The summed E-state index contributed by atoms with van der Waals surface area (Å²) in [4.78, 5) is 29.2. The molecule has 1 aromatic heterocycles. The Bertz CT molecular complexity index is 1060. The minimum atomic E-state index is -0.228. The molecular weight excluding hydrogens is 404 g/mol. The number of benzene rings is 1. The number of anilines is 3. The van der Waals surface area contributed by atoms with E-state index in [1.165, 1.54) is 11.8 Å². The van der Waals surface area contributed by atoms with Crippen molar-refractivity contribution < 1.29 is 14.3 Å². The number of carbonyl (C=O) groups excluding carboxylic acids is 2. The van der Waals surface area contributed by atoms with Crippen LogP contribution < -0.4 is 20.7 Å². The number of allylic oxidation sites excluding steroid dienone is 1. The molecule has 1 unspecified atom stereocenters. The highest BCUT2D eigenvalue weighted by atomic mass is 16.5. The number of amides is 2. The van der Waals surface area contributed by atoms with Gasteiger partial charge in [0.1, 0.15) is 11.6 Å². The molecule has 2 aliphatic carbocycles. The fourth-order valence-corrected chi connectivity index (χ4v) is 4.13. The van der Waals surface area contributed by atoms with Crippen molar-refractivity contribution in [1.29, 1.82) is 0 Å². The normalized spacial score (nSPS) is 16.8. The molecule has 2 aliphatic rings. The van der Waals surface area contributed by atoms with Crippen molar-refractivity contribution in [1.82, 2.24) is 10.3 Å². The Kier molecular flexibility index (Phi) is 6.44. The third-order valence-corrected chi connectivity index (χ3v) is 6.01. The van der Waals surface area contributed by atoms with Crippen LogP contribution in [0.3, 0.4) is 0 Å². The van der Waals surface area contributed by atoms with Crippen molar-refractivity contribution in [3.05, 3.63) is 47.2 Å². The maximum absolute atomic E-state index is 12.7. The van der Waals surface area contributed by atoms with Gasteiger partial charge in [0, 0.05) is 30.3 Å². The molecule has 4 rings (SSSR count). The first-order chi connectivity index (χ1) is 15.5.